The van der Waals surface area contributed by atoms with Gasteiger partial charge in [-0.1, -0.05) is 48.2 Å². The molecule has 1 aliphatic rings. The first kappa shape index (κ1) is 17.2. The van der Waals surface area contributed by atoms with Crippen LogP contribution in [0.3, 0.4) is 0 Å². The second-order valence-corrected chi connectivity index (χ2v) is 7.88. The fourth-order valence-corrected chi connectivity index (χ4v) is 3.20. The van der Waals surface area contributed by atoms with Gasteiger partial charge < -0.3 is 0 Å². The summed E-state index contributed by atoms with van der Waals surface area (Å²) >= 11 is 1.91. The maximum atomic E-state index is 9.87. The predicted octanol–water partition coefficient (Wildman–Crippen LogP) is 7.55. The third kappa shape index (κ3) is 5.89. The largest absolute Gasteiger partial charge is 1.00 e. The summed E-state index contributed by atoms with van der Waals surface area (Å²) < 4.78 is 59.2. The number of benzene rings is 2. The van der Waals surface area contributed by atoms with E-state index in [0.29, 0.717) is 0 Å². The van der Waals surface area contributed by atoms with Crippen molar-refractivity contribution in [3.05, 3.63) is 59.2 Å². The van der Waals surface area contributed by atoms with E-state index in [4.69, 9.17) is 0 Å². The van der Waals surface area contributed by atoms with E-state index in [1.165, 1.54) is 26.5 Å². The Labute approximate surface area is 129 Å². The molecule has 0 aromatic heterocycles. The molecular weight excluding hydrogens is 345 g/mol. The average Bonchev–Trinajstić information content (AvgIpc) is 2.33. The minimum Gasteiger partial charge on any atom is 1.00 e. The smallest absolute Gasteiger partial charge is 1.00 e. The molecule has 0 saturated heterocycles. The molecule has 122 valence electrons. The minimum atomic E-state index is -10.7. The zero-order chi connectivity index (χ0) is 16.7. The van der Waals surface area contributed by atoms with Gasteiger partial charge in [-0.3, -0.25) is 0 Å². The molecule has 2 aromatic rings. The summed E-state index contributed by atoms with van der Waals surface area (Å²) in [6.07, 6.45) is 1.08. The molecule has 0 amide bonds. The van der Waals surface area contributed by atoms with Crippen molar-refractivity contribution in [2.75, 3.05) is 0 Å². The van der Waals surface area contributed by atoms with Crippen LogP contribution < -0.4 is 0 Å². The van der Waals surface area contributed by atoms with Gasteiger partial charge in [0.05, 0.1) is 0 Å². The van der Waals surface area contributed by atoms with Crippen LogP contribution in [-0.4, -0.2) is 0 Å². The van der Waals surface area contributed by atoms with E-state index in [0.717, 1.165) is 6.42 Å². The van der Waals surface area contributed by atoms with Crippen LogP contribution in [0.2, 0.25) is 0 Å². The first-order valence-corrected chi connectivity index (χ1v) is 9.05. The molecule has 0 fully saturated rings. The molecule has 3 rings (SSSR count). The van der Waals surface area contributed by atoms with Gasteiger partial charge in [-0.25, -0.2) is 0 Å². The van der Waals surface area contributed by atoms with Crippen molar-refractivity contribution in [3.63, 3.8) is 0 Å². The zero-order valence-corrected chi connectivity index (χ0v) is 13.1. The molecule has 8 heteroatoms. The zero-order valence-electron chi connectivity index (χ0n) is 12.4. The van der Waals surface area contributed by atoms with E-state index >= 15 is 0 Å². The van der Waals surface area contributed by atoms with Crippen molar-refractivity contribution in [3.8, 4) is 0 Å². The second kappa shape index (κ2) is 4.90. The number of rotatable bonds is 0. The van der Waals surface area contributed by atoms with Crippen LogP contribution in [0.5, 0.6) is 0 Å². The molecule has 0 nitrogen and oxygen atoms in total. The summed E-state index contributed by atoms with van der Waals surface area (Å²) in [6.45, 7) is 2.19. The van der Waals surface area contributed by atoms with Gasteiger partial charge in [-0.2, -0.15) is 0 Å². The van der Waals surface area contributed by atoms with Gasteiger partial charge in [0.25, 0.3) is 0 Å². The Morgan fingerprint density at radius 2 is 1.41 bits per heavy atom. The van der Waals surface area contributed by atoms with Crippen molar-refractivity contribution in [1.29, 1.82) is 0 Å². The van der Waals surface area contributed by atoms with Gasteiger partial charge >= 0.3 is 34.4 Å². The molecule has 0 atom stereocenters. The third-order valence-corrected chi connectivity index (χ3v) is 4.27. The fourth-order valence-electron chi connectivity index (χ4n) is 2.06. The van der Waals surface area contributed by atoms with Crippen molar-refractivity contribution >= 4 is 19.6 Å². The molecule has 0 radical (unpaired) electrons. The van der Waals surface area contributed by atoms with Crippen LogP contribution in [0.1, 0.15) is 18.1 Å². The number of halogens is 6. The summed E-state index contributed by atoms with van der Waals surface area (Å²) in [7, 11) is -10.7. The fraction of sp³-hybridized carbons (Fsp3) is 0.143. The van der Waals surface area contributed by atoms with Crippen molar-refractivity contribution in [2.24, 2.45) is 0 Å². The van der Waals surface area contributed by atoms with Crippen LogP contribution in [0.15, 0.2) is 52.3 Å². The maximum Gasteiger partial charge on any atom is 1.00 e. The third-order valence-electron chi connectivity index (χ3n) is 2.86. The van der Waals surface area contributed by atoms with Gasteiger partial charge in [-0.05, 0) is 36.1 Å². The number of hydrogen-bond donors (Lipinski definition) is 0. The molecule has 22 heavy (non-hydrogen) atoms. The molecule has 1 heterocycles. The average molecular weight is 358 g/mol. The molecule has 0 N–H and O–H groups in total. The van der Waals surface area contributed by atoms with Crippen molar-refractivity contribution < 1.29 is 26.6 Å². The van der Waals surface area contributed by atoms with Gasteiger partial charge in [0.15, 0.2) is 0 Å². The topological polar surface area (TPSA) is 0 Å². The Hall–Kier alpha value is -1.20. The predicted molar refractivity (Wildman–Crippen MR) is 79.2 cm³/mol. The number of fused-ring (bicyclic) bond motifs is 2. The monoisotopic (exact) mass is 358 g/mol. The minimum absolute atomic E-state index is 0. The van der Waals surface area contributed by atoms with Crippen LogP contribution in [0.25, 0.3) is 0 Å². The summed E-state index contributed by atoms with van der Waals surface area (Å²) in [5.74, 6) is 0. The van der Waals surface area contributed by atoms with Crippen molar-refractivity contribution in [2.45, 2.75) is 23.1 Å². The first-order valence-electron chi connectivity index (χ1n) is 6.20. The van der Waals surface area contributed by atoms with E-state index in [-0.39, 0.29) is 1.43 Å². The molecule has 0 spiro atoms. The number of aryl methyl sites for hydroxylation is 1. The maximum absolute atomic E-state index is 10.7. The van der Waals surface area contributed by atoms with E-state index in [1.54, 1.807) is 0 Å². The van der Waals surface area contributed by atoms with E-state index < -0.39 is 7.81 Å². The number of hydrogen-bond acceptors (Lipinski definition) is 1. The van der Waals surface area contributed by atoms with Gasteiger partial charge in [-0.15, -0.1) is 0 Å². The first-order chi connectivity index (χ1) is 9.79. The van der Waals surface area contributed by atoms with Crippen LogP contribution >= 0.6 is 19.6 Å². The Bertz CT molecular complexity index is 703. The van der Waals surface area contributed by atoms with Crippen molar-refractivity contribution in [1.82, 2.24) is 0 Å². The standard InChI is InChI=1S/C14H12S.F6P/c1-10-5-4-7-12-9-11-6-2-3-8-13(11)15-14(10)12;1-7(2,3,4,5)6/h2-8H,9H2,1H3;/q;-1/p+1. The van der Waals surface area contributed by atoms with Gasteiger partial charge in [0.1, 0.15) is 0 Å². The summed E-state index contributed by atoms with van der Waals surface area (Å²) in [5.41, 5.74) is 4.33. The van der Waals surface area contributed by atoms with Crippen LogP contribution in [0, 0.1) is 6.92 Å². The normalized spacial score (nSPS) is 16.3. The summed E-state index contributed by atoms with van der Waals surface area (Å²) in [4.78, 5) is 2.87. The second-order valence-electron chi connectivity index (χ2n) is 4.91. The van der Waals surface area contributed by atoms with Crippen LogP contribution in [0.4, 0.5) is 25.2 Å². The Balaban J connectivity index is 0.000000287. The Morgan fingerprint density at radius 1 is 0.864 bits per heavy atom. The van der Waals surface area contributed by atoms with E-state index in [9.17, 15) is 25.2 Å². The molecule has 0 aliphatic carbocycles. The quantitative estimate of drug-likeness (QED) is 0.295. The molecule has 0 bridgehead atoms. The molecule has 1 aliphatic heterocycles. The molecule has 0 unspecified atom stereocenters. The molecule has 0 saturated carbocycles. The van der Waals surface area contributed by atoms with Gasteiger partial charge in [0.2, 0.25) is 0 Å². The Kier molecular flexibility index (Phi) is 3.82. The summed E-state index contributed by atoms with van der Waals surface area (Å²) in [5, 5.41) is 0. The molecular formula is C14H13F6PS. The van der Waals surface area contributed by atoms with E-state index in [1.807, 2.05) is 11.8 Å². The van der Waals surface area contributed by atoms with Crippen LogP contribution in [-0.2, 0) is 6.42 Å². The Morgan fingerprint density at radius 3 is 2.05 bits per heavy atom. The van der Waals surface area contributed by atoms with Gasteiger partial charge in [0, 0.05) is 9.79 Å². The van der Waals surface area contributed by atoms with E-state index in [2.05, 4.69) is 49.4 Å². The SMILES string of the molecule is Cc1cccc2c1Sc1ccccc1C2.F[P-](F)(F)(F)(F)F.[H+]. The summed E-state index contributed by atoms with van der Waals surface area (Å²) in [6, 6.07) is 15.3. The molecule has 2 aromatic carbocycles.